The van der Waals surface area contributed by atoms with Gasteiger partial charge >= 0.3 is 0 Å². The Morgan fingerprint density at radius 3 is 2.71 bits per heavy atom. The van der Waals surface area contributed by atoms with E-state index in [1.54, 1.807) is 24.5 Å². The maximum Gasteiger partial charge on any atom is 0.271 e. The van der Waals surface area contributed by atoms with E-state index in [2.05, 4.69) is 15.5 Å². The Hall–Kier alpha value is -2.36. The van der Waals surface area contributed by atoms with Gasteiger partial charge < -0.3 is 4.98 Å². The molecule has 0 aliphatic carbocycles. The first kappa shape index (κ1) is 11.1. The Balaban J connectivity index is 1.96. The number of hydrogen-bond acceptors (Lipinski definition) is 2. The number of amides is 1. The molecular weight excluding hydrogens is 214 g/mol. The smallest absolute Gasteiger partial charge is 0.271 e. The predicted molar refractivity (Wildman–Crippen MR) is 67.0 cm³/mol. The average Bonchev–Trinajstić information content (AvgIpc) is 2.83. The second-order valence-electron chi connectivity index (χ2n) is 3.69. The number of benzene rings is 1. The Kier molecular flexibility index (Phi) is 3.35. The molecule has 1 aromatic heterocycles. The van der Waals surface area contributed by atoms with Crippen LogP contribution < -0.4 is 5.43 Å². The number of aromatic nitrogens is 1. The second-order valence-corrected chi connectivity index (χ2v) is 3.69. The molecule has 0 bridgehead atoms. The lowest BCUT2D eigenvalue weighted by molar-refractivity contribution is 0.0955. The summed E-state index contributed by atoms with van der Waals surface area (Å²) in [6, 6.07) is 11.1. The van der Waals surface area contributed by atoms with Gasteiger partial charge in [-0.1, -0.05) is 17.7 Å². The first-order chi connectivity index (χ1) is 8.25. The lowest BCUT2D eigenvalue weighted by Gasteiger charge is -1.99. The first-order valence-corrected chi connectivity index (χ1v) is 5.29. The molecule has 1 aromatic carbocycles. The van der Waals surface area contributed by atoms with Crippen LogP contribution in [0.2, 0.25) is 0 Å². The van der Waals surface area contributed by atoms with E-state index < -0.39 is 0 Å². The molecule has 1 heterocycles. The molecule has 0 atom stereocenters. The zero-order valence-electron chi connectivity index (χ0n) is 9.47. The molecule has 2 rings (SSSR count). The summed E-state index contributed by atoms with van der Waals surface area (Å²) in [6.07, 6.45) is 3.36. The molecule has 4 heteroatoms. The zero-order valence-corrected chi connectivity index (χ0v) is 9.47. The summed E-state index contributed by atoms with van der Waals surface area (Å²) < 4.78 is 0. The molecule has 4 nitrogen and oxygen atoms in total. The summed E-state index contributed by atoms with van der Waals surface area (Å²) in [5, 5.41) is 3.86. The van der Waals surface area contributed by atoms with Crippen molar-refractivity contribution in [2.75, 3.05) is 0 Å². The highest BCUT2D eigenvalue weighted by atomic mass is 16.2. The van der Waals surface area contributed by atoms with Crippen molar-refractivity contribution in [1.29, 1.82) is 0 Å². The molecule has 0 fully saturated rings. The van der Waals surface area contributed by atoms with Gasteiger partial charge in [0.1, 0.15) is 0 Å². The van der Waals surface area contributed by atoms with E-state index in [0.717, 1.165) is 11.3 Å². The van der Waals surface area contributed by atoms with Crippen LogP contribution in [0.5, 0.6) is 0 Å². The third-order valence-electron chi connectivity index (χ3n) is 2.31. The minimum Gasteiger partial charge on any atom is -0.360 e. The van der Waals surface area contributed by atoms with Crippen molar-refractivity contribution in [3.63, 3.8) is 0 Å². The van der Waals surface area contributed by atoms with Gasteiger partial charge in [0.25, 0.3) is 5.91 Å². The fourth-order valence-corrected chi connectivity index (χ4v) is 1.35. The SMILES string of the molecule is Cc1ccc(C(=O)NN=Cc2ccc[nH]2)cc1. The summed E-state index contributed by atoms with van der Waals surface area (Å²) in [7, 11) is 0. The van der Waals surface area contributed by atoms with Crippen LogP contribution in [0.4, 0.5) is 0 Å². The quantitative estimate of drug-likeness (QED) is 0.612. The van der Waals surface area contributed by atoms with Gasteiger partial charge in [-0.25, -0.2) is 5.43 Å². The molecule has 1 amide bonds. The predicted octanol–water partition coefficient (Wildman–Crippen LogP) is 2.09. The largest absolute Gasteiger partial charge is 0.360 e. The van der Waals surface area contributed by atoms with Crippen molar-refractivity contribution < 1.29 is 4.79 Å². The minimum atomic E-state index is -0.215. The molecule has 17 heavy (non-hydrogen) atoms. The number of aromatic amines is 1. The van der Waals surface area contributed by atoms with E-state index in [0.29, 0.717) is 5.56 Å². The van der Waals surface area contributed by atoms with Gasteiger partial charge in [-0.2, -0.15) is 5.10 Å². The summed E-state index contributed by atoms with van der Waals surface area (Å²) in [5.74, 6) is -0.215. The van der Waals surface area contributed by atoms with Crippen molar-refractivity contribution in [1.82, 2.24) is 10.4 Å². The van der Waals surface area contributed by atoms with E-state index in [4.69, 9.17) is 0 Å². The average molecular weight is 227 g/mol. The molecule has 0 aliphatic heterocycles. The maximum absolute atomic E-state index is 11.6. The number of nitrogens with zero attached hydrogens (tertiary/aromatic N) is 1. The van der Waals surface area contributed by atoms with Crippen LogP contribution >= 0.6 is 0 Å². The van der Waals surface area contributed by atoms with Gasteiger partial charge in [0.15, 0.2) is 0 Å². The lowest BCUT2D eigenvalue weighted by atomic mass is 10.1. The third kappa shape index (κ3) is 3.04. The number of carbonyl (C=O) groups excluding carboxylic acids is 1. The van der Waals surface area contributed by atoms with E-state index >= 15 is 0 Å². The van der Waals surface area contributed by atoms with Crippen molar-refractivity contribution in [2.24, 2.45) is 5.10 Å². The highest BCUT2D eigenvalue weighted by Gasteiger charge is 2.02. The van der Waals surface area contributed by atoms with E-state index in [1.807, 2.05) is 31.2 Å². The number of aryl methyl sites for hydroxylation is 1. The molecule has 0 aliphatic rings. The number of rotatable bonds is 3. The van der Waals surface area contributed by atoms with Crippen LogP contribution in [-0.2, 0) is 0 Å². The maximum atomic E-state index is 11.6. The summed E-state index contributed by atoms with van der Waals surface area (Å²) in [6.45, 7) is 1.98. The number of nitrogens with one attached hydrogen (secondary N) is 2. The molecular formula is C13H13N3O. The van der Waals surface area contributed by atoms with Crippen LogP contribution in [0.25, 0.3) is 0 Å². The fourth-order valence-electron chi connectivity index (χ4n) is 1.35. The monoisotopic (exact) mass is 227 g/mol. The molecule has 2 N–H and O–H groups in total. The van der Waals surface area contributed by atoms with Crippen molar-refractivity contribution in [3.8, 4) is 0 Å². The lowest BCUT2D eigenvalue weighted by Crippen LogP contribution is -2.17. The topological polar surface area (TPSA) is 57.2 Å². The standard InChI is InChI=1S/C13H13N3O/c1-10-4-6-11(7-5-10)13(17)16-15-9-12-3-2-8-14-12/h2-9,14H,1H3,(H,16,17). The van der Waals surface area contributed by atoms with Crippen LogP contribution in [0.15, 0.2) is 47.7 Å². The number of hydrogen-bond donors (Lipinski definition) is 2. The highest BCUT2D eigenvalue weighted by molar-refractivity contribution is 5.94. The Labute approximate surface area is 99.4 Å². The molecule has 0 unspecified atom stereocenters. The Morgan fingerprint density at radius 2 is 2.06 bits per heavy atom. The normalized spacial score (nSPS) is 10.6. The van der Waals surface area contributed by atoms with E-state index in [9.17, 15) is 4.79 Å². The number of carbonyl (C=O) groups is 1. The number of H-pyrrole nitrogens is 1. The molecule has 0 saturated carbocycles. The van der Waals surface area contributed by atoms with Crippen LogP contribution in [0, 0.1) is 6.92 Å². The van der Waals surface area contributed by atoms with Gasteiger partial charge in [0, 0.05) is 11.8 Å². The fraction of sp³-hybridized carbons (Fsp3) is 0.0769. The Morgan fingerprint density at radius 1 is 1.29 bits per heavy atom. The van der Waals surface area contributed by atoms with Gasteiger partial charge in [-0.3, -0.25) is 4.79 Å². The van der Waals surface area contributed by atoms with E-state index in [-0.39, 0.29) is 5.91 Å². The summed E-state index contributed by atoms with van der Waals surface area (Å²) in [5.41, 5.74) is 5.03. The van der Waals surface area contributed by atoms with Gasteiger partial charge in [-0.15, -0.1) is 0 Å². The highest BCUT2D eigenvalue weighted by Crippen LogP contribution is 2.02. The first-order valence-electron chi connectivity index (χ1n) is 5.29. The second kappa shape index (κ2) is 5.12. The zero-order chi connectivity index (χ0) is 12.1. The molecule has 86 valence electrons. The van der Waals surface area contributed by atoms with Crippen LogP contribution in [0.1, 0.15) is 21.6 Å². The van der Waals surface area contributed by atoms with E-state index in [1.165, 1.54) is 0 Å². The number of hydrazone groups is 1. The summed E-state index contributed by atoms with van der Waals surface area (Å²) in [4.78, 5) is 14.6. The molecule has 0 saturated heterocycles. The third-order valence-corrected chi connectivity index (χ3v) is 2.31. The van der Waals surface area contributed by atoms with Crippen molar-refractivity contribution in [3.05, 3.63) is 59.4 Å². The van der Waals surface area contributed by atoms with Crippen LogP contribution in [0.3, 0.4) is 0 Å². The van der Waals surface area contributed by atoms with Gasteiger partial charge in [0.2, 0.25) is 0 Å². The van der Waals surface area contributed by atoms with Gasteiger partial charge in [0.05, 0.1) is 11.9 Å². The van der Waals surface area contributed by atoms with Crippen molar-refractivity contribution >= 4 is 12.1 Å². The summed E-state index contributed by atoms with van der Waals surface area (Å²) >= 11 is 0. The van der Waals surface area contributed by atoms with Gasteiger partial charge in [-0.05, 0) is 31.2 Å². The van der Waals surface area contributed by atoms with Crippen molar-refractivity contribution in [2.45, 2.75) is 6.92 Å². The molecule has 2 aromatic rings. The van der Waals surface area contributed by atoms with Crippen LogP contribution in [-0.4, -0.2) is 17.1 Å². The minimum absolute atomic E-state index is 0.215. The molecule has 0 radical (unpaired) electrons. The molecule has 0 spiro atoms. The Bertz CT molecular complexity index is 512.